The van der Waals surface area contributed by atoms with E-state index in [0.29, 0.717) is 12.5 Å². The molecule has 0 radical (unpaired) electrons. The molecule has 13 heteroatoms. The van der Waals surface area contributed by atoms with Gasteiger partial charge in [-0.05, 0) is 50.3 Å². The highest BCUT2D eigenvalue weighted by atomic mass is 16.7. The van der Waals surface area contributed by atoms with E-state index >= 15 is 0 Å². The molecule has 1 saturated carbocycles. The smallest absolute Gasteiger partial charge is 0.336 e. The molecule has 3 atom stereocenters. The Labute approximate surface area is 242 Å². The summed E-state index contributed by atoms with van der Waals surface area (Å²) in [5.74, 6) is -1.94. The van der Waals surface area contributed by atoms with Crippen LogP contribution in [0.25, 0.3) is 0 Å². The van der Waals surface area contributed by atoms with Gasteiger partial charge in [-0.25, -0.2) is 4.79 Å². The number of aryl methyl sites for hydroxylation is 1. The predicted molar refractivity (Wildman–Crippen MR) is 145 cm³/mol. The normalized spacial score (nSPS) is 22.7. The summed E-state index contributed by atoms with van der Waals surface area (Å²) >= 11 is 0. The molecule has 2 aromatic rings. The third-order valence-corrected chi connectivity index (χ3v) is 7.92. The Morgan fingerprint density at radius 2 is 1.76 bits per heavy atom. The maximum absolute atomic E-state index is 11.5. The summed E-state index contributed by atoms with van der Waals surface area (Å²) in [5, 5.41) is 45.3. The number of ether oxygens (including phenoxy) is 3. The maximum Gasteiger partial charge on any atom is 0.336 e. The van der Waals surface area contributed by atoms with Crippen molar-refractivity contribution < 1.29 is 54.1 Å². The summed E-state index contributed by atoms with van der Waals surface area (Å²) in [7, 11) is 0. The minimum atomic E-state index is -2.74. The highest BCUT2D eigenvalue weighted by Crippen LogP contribution is 2.50. The molecule has 5 N–H and O–H groups in total. The molecule has 0 unspecified atom stereocenters. The summed E-state index contributed by atoms with van der Waals surface area (Å²) in [5.41, 5.74) is -0.530. The van der Waals surface area contributed by atoms with E-state index in [2.05, 4.69) is 9.88 Å². The van der Waals surface area contributed by atoms with Gasteiger partial charge in [-0.2, -0.15) is 0 Å². The Hall–Kier alpha value is -3.94. The van der Waals surface area contributed by atoms with Crippen molar-refractivity contribution in [1.82, 2.24) is 9.88 Å². The van der Waals surface area contributed by atoms with Crippen LogP contribution < -0.4 is 14.2 Å². The number of hydrogen-bond donors (Lipinski definition) is 5. The van der Waals surface area contributed by atoms with Gasteiger partial charge in [0.1, 0.15) is 11.4 Å². The van der Waals surface area contributed by atoms with Gasteiger partial charge in [0, 0.05) is 43.4 Å². The number of benzene rings is 1. The Kier molecular flexibility index (Phi) is 9.24. The van der Waals surface area contributed by atoms with Crippen molar-refractivity contribution in [2.24, 2.45) is 11.8 Å². The lowest BCUT2D eigenvalue weighted by Crippen LogP contribution is -2.42. The van der Waals surface area contributed by atoms with Gasteiger partial charge < -0.3 is 39.7 Å². The zero-order valence-corrected chi connectivity index (χ0v) is 23.5. The van der Waals surface area contributed by atoms with E-state index in [9.17, 15) is 19.5 Å². The molecule has 0 bridgehead atoms. The van der Waals surface area contributed by atoms with Crippen molar-refractivity contribution in [2.45, 2.75) is 57.3 Å². The molecule has 13 nitrogen and oxygen atoms in total. The zero-order valence-electron chi connectivity index (χ0n) is 23.5. The molecule has 3 heterocycles. The van der Waals surface area contributed by atoms with Gasteiger partial charge in [0.25, 0.3) is 0 Å². The maximum atomic E-state index is 11.5. The van der Waals surface area contributed by atoms with Crippen LogP contribution in [-0.4, -0.2) is 85.4 Å². The summed E-state index contributed by atoms with van der Waals surface area (Å²) in [6.45, 7) is 7.50. The van der Waals surface area contributed by atoms with Crippen molar-refractivity contribution in [3.63, 3.8) is 0 Å². The fourth-order valence-corrected chi connectivity index (χ4v) is 5.89. The molecule has 228 valence electrons. The number of hydrogen-bond acceptors (Lipinski definition) is 10. The van der Waals surface area contributed by atoms with Gasteiger partial charge in [0.05, 0.1) is 25.1 Å². The highest BCUT2D eigenvalue weighted by molar-refractivity contribution is 5.88. The van der Waals surface area contributed by atoms with Gasteiger partial charge in [-0.15, -0.1) is 0 Å². The SMILES string of the molecule is CCOc1cc2c(cc1CN1C[C@@H]3CC[C@@](O)(c4ccc(C)cn4)[C@@H]3C1)OCO2.O=C(O)CC(O)(CC(=O)O)C(=O)O. The summed E-state index contributed by atoms with van der Waals surface area (Å²) in [4.78, 5) is 37.5. The van der Waals surface area contributed by atoms with Crippen LogP contribution in [0.15, 0.2) is 30.5 Å². The molecule has 0 amide bonds. The quantitative estimate of drug-likeness (QED) is 0.270. The van der Waals surface area contributed by atoms with Crippen LogP contribution in [0.1, 0.15) is 49.4 Å². The molecule has 2 aliphatic heterocycles. The van der Waals surface area contributed by atoms with E-state index in [1.165, 1.54) is 0 Å². The second-order valence-electron chi connectivity index (χ2n) is 11.0. The van der Waals surface area contributed by atoms with Gasteiger partial charge >= 0.3 is 17.9 Å². The van der Waals surface area contributed by atoms with Crippen LogP contribution in [-0.2, 0) is 26.5 Å². The van der Waals surface area contributed by atoms with Gasteiger partial charge in [-0.3, -0.25) is 19.5 Å². The first-order valence-corrected chi connectivity index (χ1v) is 13.7. The number of nitrogens with zero attached hydrogens (tertiary/aromatic N) is 2. The number of aliphatic hydroxyl groups is 2. The van der Waals surface area contributed by atoms with Crippen molar-refractivity contribution in [3.8, 4) is 17.2 Å². The van der Waals surface area contributed by atoms with Crippen LogP contribution in [0.2, 0.25) is 0 Å². The lowest BCUT2D eigenvalue weighted by atomic mass is 9.85. The Bertz CT molecular complexity index is 1300. The second-order valence-corrected chi connectivity index (χ2v) is 11.0. The fraction of sp³-hybridized carbons (Fsp3) is 0.517. The van der Waals surface area contributed by atoms with Crippen molar-refractivity contribution in [1.29, 1.82) is 0 Å². The lowest BCUT2D eigenvalue weighted by molar-refractivity contribution is -0.170. The number of rotatable bonds is 10. The molecule has 1 aromatic carbocycles. The number of aromatic nitrogens is 1. The highest BCUT2D eigenvalue weighted by Gasteiger charge is 2.53. The minimum absolute atomic E-state index is 0.210. The molecular weight excluding hydrogens is 552 g/mol. The van der Waals surface area contributed by atoms with E-state index < -0.39 is 42.0 Å². The van der Waals surface area contributed by atoms with Crippen LogP contribution in [0.5, 0.6) is 17.2 Å². The number of carboxylic acids is 3. The van der Waals surface area contributed by atoms with Crippen molar-refractivity contribution in [3.05, 3.63) is 47.3 Å². The number of aliphatic carboxylic acids is 3. The Balaban J connectivity index is 0.000000266. The van der Waals surface area contributed by atoms with Crippen molar-refractivity contribution in [2.75, 3.05) is 26.5 Å². The van der Waals surface area contributed by atoms with Crippen molar-refractivity contribution >= 4 is 17.9 Å². The molecule has 0 spiro atoms. The average molecular weight is 589 g/mol. The van der Waals surface area contributed by atoms with E-state index in [0.717, 1.165) is 66.5 Å². The zero-order chi connectivity index (χ0) is 30.7. The Morgan fingerprint density at radius 1 is 1.10 bits per heavy atom. The average Bonchev–Trinajstić information content (AvgIpc) is 3.61. The number of carbonyl (C=O) groups is 3. The molecular formula is C29H36N2O11. The monoisotopic (exact) mass is 588 g/mol. The molecule has 5 rings (SSSR count). The van der Waals surface area contributed by atoms with Crippen LogP contribution >= 0.6 is 0 Å². The Morgan fingerprint density at radius 3 is 2.33 bits per heavy atom. The minimum Gasteiger partial charge on any atom is -0.493 e. The first-order chi connectivity index (χ1) is 19.8. The molecule has 42 heavy (non-hydrogen) atoms. The molecule has 1 aliphatic carbocycles. The third kappa shape index (κ3) is 6.75. The summed E-state index contributed by atoms with van der Waals surface area (Å²) in [6.07, 6.45) is 1.39. The fourth-order valence-electron chi connectivity index (χ4n) is 5.89. The third-order valence-electron chi connectivity index (χ3n) is 7.92. The molecule has 2 fully saturated rings. The molecule has 1 saturated heterocycles. The van der Waals surface area contributed by atoms with E-state index in [1.54, 1.807) is 0 Å². The molecule has 1 aromatic heterocycles. The van der Waals surface area contributed by atoms with Gasteiger partial charge in [-0.1, -0.05) is 6.07 Å². The van der Waals surface area contributed by atoms with Gasteiger partial charge in [0.15, 0.2) is 17.1 Å². The van der Waals surface area contributed by atoms with Crippen LogP contribution in [0, 0.1) is 18.8 Å². The second kappa shape index (κ2) is 12.5. The lowest BCUT2D eigenvalue weighted by Gasteiger charge is -2.30. The number of pyridine rings is 1. The first-order valence-electron chi connectivity index (χ1n) is 13.7. The molecule has 3 aliphatic rings. The largest absolute Gasteiger partial charge is 0.493 e. The number of likely N-dealkylation sites (tertiary alicyclic amines) is 1. The van der Waals surface area contributed by atoms with E-state index in [1.807, 2.05) is 44.3 Å². The predicted octanol–water partition coefficient (Wildman–Crippen LogP) is 2.00. The summed E-state index contributed by atoms with van der Waals surface area (Å²) in [6, 6.07) is 8.01. The van der Waals surface area contributed by atoms with E-state index in [-0.39, 0.29) is 12.7 Å². The topological polar surface area (TPSA) is 196 Å². The standard InChI is InChI=1S/C23H28N2O4.C6H8O7/c1-3-27-19-9-21-20(28-14-29-21)8-17(19)12-25-11-16-6-7-23(26,18(16)13-25)22-5-4-15(2)10-24-22;7-3(8)1-6(13,5(11)12)2-4(9)10/h4-5,8-10,16,18,26H,3,6-7,11-14H2,1-2H3;13H,1-2H2,(H,7,8)(H,9,10)(H,11,12)/t16-,18+,23-;/m0./s1. The van der Waals surface area contributed by atoms with Crippen LogP contribution in [0.3, 0.4) is 0 Å². The number of fused-ring (bicyclic) bond motifs is 2. The summed E-state index contributed by atoms with van der Waals surface area (Å²) < 4.78 is 16.9. The van der Waals surface area contributed by atoms with E-state index in [4.69, 9.17) is 34.6 Å². The van der Waals surface area contributed by atoms with Crippen LogP contribution in [0.4, 0.5) is 0 Å². The van der Waals surface area contributed by atoms with Gasteiger partial charge in [0.2, 0.25) is 6.79 Å². The number of carboxylic acid groups (broad SMARTS) is 3. The first kappa shape index (κ1) is 31.0.